The van der Waals surface area contributed by atoms with Crippen LogP contribution < -0.4 is 4.74 Å². The quantitative estimate of drug-likeness (QED) is 0.787. The number of ether oxygens (including phenoxy) is 2. The number of fused-ring (bicyclic) bond motifs is 2. The second kappa shape index (κ2) is 5.53. The van der Waals surface area contributed by atoms with Crippen LogP contribution in [0, 0.1) is 5.92 Å². The van der Waals surface area contributed by atoms with E-state index in [9.17, 15) is 9.59 Å². The van der Waals surface area contributed by atoms with Gasteiger partial charge in [-0.1, -0.05) is 17.7 Å². The summed E-state index contributed by atoms with van der Waals surface area (Å²) in [6.07, 6.45) is 2.48. The molecule has 3 rings (SSSR count). The number of halogens is 1. The lowest BCUT2D eigenvalue weighted by Gasteiger charge is -2.35. The molecule has 0 amide bonds. The number of hydrogen-bond acceptors (Lipinski definition) is 4. The number of carbonyl (C=O) groups is 2. The molecular weight excluding hydrogens is 292 g/mol. The van der Waals surface area contributed by atoms with E-state index in [1.54, 1.807) is 25.1 Å². The van der Waals surface area contributed by atoms with Gasteiger partial charge in [-0.15, -0.1) is 0 Å². The first-order valence-corrected chi connectivity index (χ1v) is 7.34. The fourth-order valence-corrected chi connectivity index (χ4v) is 2.99. The summed E-state index contributed by atoms with van der Waals surface area (Å²) in [5, 5.41) is 0.501. The molecule has 0 radical (unpaired) electrons. The molecule has 0 bridgehead atoms. The molecule has 1 aliphatic carbocycles. The van der Waals surface area contributed by atoms with Crippen molar-refractivity contribution in [2.24, 2.45) is 5.92 Å². The predicted octanol–water partition coefficient (Wildman–Crippen LogP) is 3.18. The molecule has 110 valence electrons. The number of carbonyl (C=O) groups excluding carboxylic acids is 2. The summed E-state index contributed by atoms with van der Waals surface area (Å²) in [5.41, 5.74) is 1.05. The van der Waals surface area contributed by atoms with Crippen molar-refractivity contribution in [1.82, 2.24) is 0 Å². The van der Waals surface area contributed by atoms with Crippen LogP contribution in [0.3, 0.4) is 0 Å². The average Bonchev–Trinajstić information content (AvgIpc) is 2.48. The first kappa shape index (κ1) is 14.1. The smallest absolute Gasteiger partial charge is 0.333 e. The van der Waals surface area contributed by atoms with Crippen molar-refractivity contribution in [1.29, 1.82) is 0 Å². The van der Waals surface area contributed by atoms with Crippen LogP contribution in [-0.4, -0.2) is 24.5 Å². The zero-order valence-corrected chi connectivity index (χ0v) is 12.4. The van der Waals surface area contributed by atoms with E-state index in [2.05, 4.69) is 0 Å². The minimum atomic E-state index is -0.347. The third-order valence-corrected chi connectivity index (χ3v) is 4.08. The molecule has 0 N–H and O–H groups in total. The molecule has 0 aromatic heterocycles. The molecule has 4 nitrogen and oxygen atoms in total. The summed E-state index contributed by atoms with van der Waals surface area (Å²) in [6, 6.07) is 5.05. The molecule has 1 aromatic carbocycles. The Morgan fingerprint density at radius 2 is 2.29 bits per heavy atom. The average molecular weight is 307 g/mol. The van der Waals surface area contributed by atoms with Gasteiger partial charge in [0.1, 0.15) is 11.9 Å². The van der Waals surface area contributed by atoms with Crippen molar-refractivity contribution in [2.45, 2.75) is 25.9 Å². The summed E-state index contributed by atoms with van der Waals surface area (Å²) in [7, 11) is 0. The number of hydrogen-bond donors (Lipinski definition) is 0. The van der Waals surface area contributed by atoms with Crippen LogP contribution in [0.5, 0.6) is 5.75 Å². The Bertz CT molecular complexity index is 635. The maximum absolute atomic E-state index is 12.6. The van der Waals surface area contributed by atoms with Gasteiger partial charge in [-0.3, -0.25) is 4.79 Å². The number of rotatable bonds is 2. The number of benzene rings is 1. The maximum atomic E-state index is 12.6. The van der Waals surface area contributed by atoms with Gasteiger partial charge < -0.3 is 9.47 Å². The van der Waals surface area contributed by atoms with Crippen LogP contribution in [0.1, 0.15) is 30.1 Å². The Morgan fingerprint density at radius 3 is 3.05 bits per heavy atom. The van der Waals surface area contributed by atoms with Gasteiger partial charge in [-0.2, -0.15) is 0 Å². The van der Waals surface area contributed by atoms with Crippen molar-refractivity contribution in [3.63, 3.8) is 0 Å². The number of Topliss-reactive ketones (excluding diaryl/α,β-unsaturated/α-hetero) is 1. The lowest BCUT2D eigenvalue weighted by molar-refractivity contribution is -0.138. The minimum absolute atomic E-state index is 0.0151. The molecule has 0 spiro atoms. The standard InChI is InChI=1S/C16H15ClO4/c1-2-20-16(19)9-3-5-13-11(7-9)15(18)12-8-10(17)4-6-14(12)21-13/h3-4,6,8,11,13H,2,5,7H2,1H3/t11-,13-/m1/s1. The van der Waals surface area contributed by atoms with Crippen molar-refractivity contribution in [3.8, 4) is 5.75 Å². The molecular formula is C16H15ClO4. The molecule has 2 atom stereocenters. The summed E-state index contributed by atoms with van der Waals surface area (Å²) in [4.78, 5) is 24.4. The largest absolute Gasteiger partial charge is 0.489 e. The van der Waals surface area contributed by atoms with Gasteiger partial charge in [-0.05, 0) is 31.5 Å². The van der Waals surface area contributed by atoms with Gasteiger partial charge >= 0.3 is 5.97 Å². The first-order chi connectivity index (χ1) is 10.1. The van der Waals surface area contributed by atoms with E-state index in [0.717, 1.165) is 0 Å². The van der Waals surface area contributed by atoms with Crippen LogP contribution in [-0.2, 0) is 9.53 Å². The Labute approximate surface area is 127 Å². The van der Waals surface area contributed by atoms with E-state index in [-0.39, 0.29) is 23.8 Å². The lowest BCUT2D eigenvalue weighted by atomic mass is 9.79. The third-order valence-electron chi connectivity index (χ3n) is 3.84. The van der Waals surface area contributed by atoms with Crippen LogP contribution >= 0.6 is 11.6 Å². The highest BCUT2D eigenvalue weighted by Crippen LogP contribution is 2.39. The zero-order chi connectivity index (χ0) is 15.0. The summed E-state index contributed by atoms with van der Waals surface area (Å²) >= 11 is 5.94. The van der Waals surface area contributed by atoms with E-state index in [4.69, 9.17) is 21.1 Å². The maximum Gasteiger partial charge on any atom is 0.333 e. The first-order valence-electron chi connectivity index (χ1n) is 6.96. The highest BCUT2D eigenvalue weighted by Gasteiger charge is 2.40. The molecule has 1 heterocycles. The highest BCUT2D eigenvalue weighted by atomic mass is 35.5. The molecule has 5 heteroatoms. The zero-order valence-electron chi connectivity index (χ0n) is 11.6. The molecule has 1 aromatic rings. The molecule has 0 saturated heterocycles. The van der Waals surface area contributed by atoms with E-state index in [1.165, 1.54) is 0 Å². The van der Waals surface area contributed by atoms with Gasteiger partial charge in [0, 0.05) is 17.0 Å². The topological polar surface area (TPSA) is 52.6 Å². The Morgan fingerprint density at radius 1 is 1.48 bits per heavy atom. The molecule has 21 heavy (non-hydrogen) atoms. The molecule has 0 unspecified atom stereocenters. The lowest BCUT2D eigenvalue weighted by Crippen LogP contribution is -2.40. The third kappa shape index (κ3) is 2.56. The van der Waals surface area contributed by atoms with Crippen LogP contribution in [0.2, 0.25) is 5.02 Å². The normalized spacial score (nSPS) is 23.5. The molecule has 0 saturated carbocycles. The fourth-order valence-electron chi connectivity index (χ4n) is 2.82. The van der Waals surface area contributed by atoms with E-state index in [1.807, 2.05) is 6.08 Å². The molecule has 0 fully saturated rings. The van der Waals surface area contributed by atoms with Gasteiger partial charge in [0.15, 0.2) is 5.78 Å². The van der Waals surface area contributed by atoms with Crippen LogP contribution in [0.4, 0.5) is 0 Å². The van der Waals surface area contributed by atoms with E-state index < -0.39 is 0 Å². The van der Waals surface area contributed by atoms with Gasteiger partial charge in [-0.25, -0.2) is 4.79 Å². The summed E-state index contributed by atoms with van der Waals surface area (Å²) in [5.74, 6) is -0.140. The Balaban J connectivity index is 1.87. The van der Waals surface area contributed by atoms with Gasteiger partial charge in [0.05, 0.1) is 18.1 Å². The van der Waals surface area contributed by atoms with Gasteiger partial charge in [0.2, 0.25) is 0 Å². The number of ketones is 1. The molecule has 2 aliphatic rings. The SMILES string of the molecule is CCOC(=O)C1=CC[C@H]2Oc3ccc(Cl)cc3C(=O)[C@@H]2C1. The highest BCUT2D eigenvalue weighted by molar-refractivity contribution is 6.31. The van der Waals surface area contributed by atoms with Crippen molar-refractivity contribution < 1.29 is 19.1 Å². The fraction of sp³-hybridized carbons (Fsp3) is 0.375. The van der Waals surface area contributed by atoms with Gasteiger partial charge in [0.25, 0.3) is 0 Å². The van der Waals surface area contributed by atoms with Crippen LogP contribution in [0.15, 0.2) is 29.8 Å². The number of esters is 1. The predicted molar refractivity (Wildman–Crippen MR) is 77.6 cm³/mol. The van der Waals surface area contributed by atoms with E-state index in [0.29, 0.717) is 41.4 Å². The monoisotopic (exact) mass is 306 g/mol. The van der Waals surface area contributed by atoms with Crippen molar-refractivity contribution in [2.75, 3.05) is 6.61 Å². The second-order valence-corrected chi connectivity index (χ2v) is 5.59. The van der Waals surface area contributed by atoms with Crippen LogP contribution in [0.25, 0.3) is 0 Å². The Hall–Kier alpha value is -1.81. The minimum Gasteiger partial charge on any atom is -0.489 e. The summed E-state index contributed by atoms with van der Waals surface area (Å²) < 4.78 is 10.9. The molecule has 1 aliphatic heterocycles. The van der Waals surface area contributed by atoms with E-state index >= 15 is 0 Å². The summed E-state index contributed by atoms with van der Waals surface area (Å²) in [6.45, 7) is 2.09. The Kier molecular flexibility index (Phi) is 3.72. The van der Waals surface area contributed by atoms with Crippen molar-refractivity contribution in [3.05, 3.63) is 40.4 Å². The second-order valence-electron chi connectivity index (χ2n) is 5.16. The van der Waals surface area contributed by atoms with Crippen molar-refractivity contribution >= 4 is 23.4 Å².